The van der Waals surface area contributed by atoms with Crippen LogP contribution in [-0.2, 0) is 0 Å². The molecule has 0 saturated carbocycles. The molecule has 0 N–H and O–H groups in total. The Labute approximate surface area is 148 Å². The number of nitrogens with zero attached hydrogens (tertiary/aromatic N) is 1. The molecule has 0 radical (unpaired) electrons. The summed E-state index contributed by atoms with van der Waals surface area (Å²) in [6, 6.07) is 5.18. The maximum absolute atomic E-state index is 14.1. The van der Waals surface area contributed by atoms with E-state index in [4.69, 9.17) is 4.74 Å². The number of unbranched alkanes of at least 4 members (excludes halogenated alkanes) is 4. The van der Waals surface area contributed by atoms with E-state index >= 15 is 0 Å². The van der Waals surface area contributed by atoms with Gasteiger partial charge in [-0.2, -0.15) is 0 Å². The molecule has 0 aliphatic rings. The van der Waals surface area contributed by atoms with E-state index in [0.29, 0.717) is 18.1 Å². The summed E-state index contributed by atoms with van der Waals surface area (Å²) in [5.74, 6) is 0.418. The van der Waals surface area contributed by atoms with Gasteiger partial charge in [-0.3, -0.25) is 0 Å². The molecule has 0 bridgehead atoms. The fraction of sp³-hybridized carbons (Fsp3) is 0.450. The number of thiazole rings is 1. The van der Waals surface area contributed by atoms with Crippen LogP contribution in [0, 0.1) is 12.7 Å². The van der Waals surface area contributed by atoms with Crippen LogP contribution in [0.4, 0.5) is 4.39 Å². The standard InChI is InChI=1S/C20H26FNOS/c1-5-6-7-8-9-12-23-19-15(4)24-20(22-19)16-10-11-17(14(2)3)18(21)13-16/h10-11,13H,2,5-9,12H2,1,3-4H3. The Balaban J connectivity index is 2.00. The van der Waals surface area contributed by atoms with Crippen molar-refractivity contribution >= 4 is 16.9 Å². The van der Waals surface area contributed by atoms with Gasteiger partial charge >= 0.3 is 0 Å². The minimum absolute atomic E-state index is 0.258. The highest BCUT2D eigenvalue weighted by molar-refractivity contribution is 7.15. The molecule has 130 valence electrons. The fourth-order valence-electron chi connectivity index (χ4n) is 2.51. The average Bonchev–Trinajstić information content (AvgIpc) is 2.91. The largest absolute Gasteiger partial charge is 0.477 e. The first-order valence-electron chi connectivity index (χ1n) is 8.59. The number of hydrogen-bond acceptors (Lipinski definition) is 3. The fourth-order valence-corrected chi connectivity index (χ4v) is 3.36. The van der Waals surface area contributed by atoms with Crippen molar-refractivity contribution in [3.63, 3.8) is 0 Å². The third-order valence-corrected chi connectivity index (χ3v) is 4.92. The smallest absolute Gasteiger partial charge is 0.227 e. The molecule has 1 aromatic carbocycles. The maximum Gasteiger partial charge on any atom is 0.227 e. The lowest BCUT2D eigenvalue weighted by Crippen LogP contribution is -1.98. The second-order valence-electron chi connectivity index (χ2n) is 6.12. The summed E-state index contributed by atoms with van der Waals surface area (Å²) in [5.41, 5.74) is 2.06. The SMILES string of the molecule is C=C(C)c1ccc(-c2nc(OCCCCCCC)c(C)s2)cc1F. The Hall–Kier alpha value is -1.68. The lowest BCUT2D eigenvalue weighted by Gasteiger charge is -2.04. The van der Waals surface area contributed by atoms with Crippen LogP contribution in [-0.4, -0.2) is 11.6 Å². The van der Waals surface area contributed by atoms with Gasteiger partial charge in [0.25, 0.3) is 0 Å². The molecule has 24 heavy (non-hydrogen) atoms. The molecule has 1 aromatic heterocycles. The first kappa shape index (κ1) is 18.7. The highest BCUT2D eigenvalue weighted by Crippen LogP contribution is 2.33. The van der Waals surface area contributed by atoms with Gasteiger partial charge in [0.2, 0.25) is 5.88 Å². The first-order valence-corrected chi connectivity index (χ1v) is 9.40. The number of benzene rings is 1. The summed E-state index contributed by atoms with van der Waals surface area (Å²) < 4.78 is 19.9. The maximum atomic E-state index is 14.1. The molecule has 4 heteroatoms. The van der Waals surface area contributed by atoms with E-state index in [-0.39, 0.29) is 5.82 Å². The van der Waals surface area contributed by atoms with E-state index < -0.39 is 0 Å². The van der Waals surface area contributed by atoms with Gasteiger partial charge in [-0.1, -0.05) is 51.3 Å². The number of aromatic nitrogens is 1. The zero-order chi connectivity index (χ0) is 17.5. The Morgan fingerprint density at radius 3 is 2.67 bits per heavy atom. The van der Waals surface area contributed by atoms with E-state index in [2.05, 4.69) is 18.5 Å². The van der Waals surface area contributed by atoms with E-state index in [9.17, 15) is 4.39 Å². The van der Waals surface area contributed by atoms with Crippen LogP contribution < -0.4 is 4.74 Å². The molecular formula is C20H26FNOS. The van der Waals surface area contributed by atoms with Crippen molar-refractivity contribution in [3.8, 4) is 16.5 Å². The molecule has 2 aromatic rings. The van der Waals surface area contributed by atoms with Crippen molar-refractivity contribution in [2.24, 2.45) is 0 Å². The van der Waals surface area contributed by atoms with Gasteiger partial charge in [0.05, 0.1) is 11.5 Å². The summed E-state index contributed by atoms with van der Waals surface area (Å²) in [6.45, 7) is 10.5. The average molecular weight is 347 g/mol. The summed E-state index contributed by atoms with van der Waals surface area (Å²) in [5, 5.41) is 0.792. The highest BCUT2D eigenvalue weighted by Gasteiger charge is 2.13. The molecule has 2 nitrogen and oxygen atoms in total. The van der Waals surface area contributed by atoms with E-state index in [1.165, 1.54) is 43.1 Å². The number of rotatable bonds is 9. The summed E-state index contributed by atoms with van der Waals surface area (Å²) in [4.78, 5) is 5.57. The summed E-state index contributed by atoms with van der Waals surface area (Å²) >= 11 is 1.54. The van der Waals surface area contributed by atoms with Crippen molar-refractivity contribution in [3.05, 3.63) is 41.0 Å². The van der Waals surface area contributed by atoms with Gasteiger partial charge < -0.3 is 4.74 Å². The van der Waals surface area contributed by atoms with Crippen LogP contribution in [0.25, 0.3) is 16.1 Å². The predicted molar refractivity (Wildman–Crippen MR) is 101 cm³/mol. The number of allylic oxidation sites excluding steroid dienone is 1. The van der Waals surface area contributed by atoms with Gasteiger partial charge in [0.1, 0.15) is 10.8 Å². The quantitative estimate of drug-likeness (QED) is 0.474. The minimum atomic E-state index is -0.258. The lowest BCUT2D eigenvalue weighted by molar-refractivity contribution is 0.293. The summed E-state index contributed by atoms with van der Waals surface area (Å²) in [6.07, 6.45) is 6.03. The molecule has 0 amide bonds. The molecule has 0 saturated heterocycles. The molecule has 0 atom stereocenters. The van der Waals surface area contributed by atoms with Crippen LogP contribution in [0.2, 0.25) is 0 Å². The molecule has 0 aliphatic carbocycles. The second-order valence-corrected chi connectivity index (χ2v) is 7.32. The van der Waals surface area contributed by atoms with Crippen LogP contribution in [0.5, 0.6) is 5.88 Å². The van der Waals surface area contributed by atoms with Crippen molar-refractivity contribution in [1.29, 1.82) is 0 Å². The predicted octanol–water partition coefficient (Wildman–Crippen LogP) is 6.64. The Morgan fingerprint density at radius 1 is 1.25 bits per heavy atom. The Bertz CT molecular complexity index is 693. The van der Waals surface area contributed by atoms with Gasteiger partial charge in [-0.25, -0.2) is 9.37 Å². The van der Waals surface area contributed by atoms with Crippen molar-refractivity contribution in [2.75, 3.05) is 6.61 Å². The van der Waals surface area contributed by atoms with Crippen molar-refractivity contribution in [2.45, 2.75) is 52.9 Å². The van der Waals surface area contributed by atoms with Gasteiger partial charge in [-0.05, 0) is 31.9 Å². The van der Waals surface area contributed by atoms with Crippen molar-refractivity contribution in [1.82, 2.24) is 4.98 Å². The van der Waals surface area contributed by atoms with E-state index in [1.807, 2.05) is 13.0 Å². The third-order valence-electron chi connectivity index (χ3n) is 3.92. The monoisotopic (exact) mass is 347 g/mol. The lowest BCUT2D eigenvalue weighted by atomic mass is 10.1. The zero-order valence-corrected chi connectivity index (χ0v) is 15.6. The van der Waals surface area contributed by atoms with Crippen LogP contribution >= 0.6 is 11.3 Å². The number of hydrogen-bond donors (Lipinski definition) is 0. The summed E-state index contributed by atoms with van der Waals surface area (Å²) in [7, 11) is 0. The topological polar surface area (TPSA) is 22.1 Å². The normalized spacial score (nSPS) is 10.8. The molecule has 0 spiro atoms. The van der Waals surface area contributed by atoms with Gasteiger partial charge in [0, 0.05) is 11.1 Å². The van der Waals surface area contributed by atoms with Crippen LogP contribution in [0.1, 0.15) is 56.4 Å². The zero-order valence-electron chi connectivity index (χ0n) is 14.8. The molecule has 2 rings (SSSR count). The van der Waals surface area contributed by atoms with Crippen molar-refractivity contribution < 1.29 is 9.13 Å². The van der Waals surface area contributed by atoms with E-state index in [0.717, 1.165) is 27.4 Å². The third kappa shape index (κ3) is 4.91. The number of aryl methyl sites for hydroxylation is 1. The number of ether oxygens (including phenoxy) is 1. The van der Waals surface area contributed by atoms with Gasteiger partial charge in [-0.15, -0.1) is 11.3 Å². The minimum Gasteiger partial charge on any atom is -0.477 e. The highest BCUT2D eigenvalue weighted by atomic mass is 32.1. The molecule has 0 unspecified atom stereocenters. The van der Waals surface area contributed by atoms with Crippen LogP contribution in [0.3, 0.4) is 0 Å². The Morgan fingerprint density at radius 2 is 2.00 bits per heavy atom. The Kier molecular flexibility index (Phi) is 6.98. The first-order chi connectivity index (χ1) is 11.5. The molecule has 1 heterocycles. The van der Waals surface area contributed by atoms with Gasteiger partial charge in [0.15, 0.2) is 0 Å². The van der Waals surface area contributed by atoms with Crippen LogP contribution in [0.15, 0.2) is 24.8 Å². The molecule has 0 fully saturated rings. The number of halogens is 1. The molecule has 0 aliphatic heterocycles. The second kappa shape index (κ2) is 8.97. The van der Waals surface area contributed by atoms with E-state index in [1.54, 1.807) is 13.0 Å². The molecular weight excluding hydrogens is 321 g/mol.